The van der Waals surface area contributed by atoms with Crippen LogP contribution < -0.4 is 25.0 Å². The molecule has 0 bridgehead atoms. The van der Waals surface area contributed by atoms with Crippen LogP contribution in [-0.2, 0) is 0 Å². The Bertz CT molecular complexity index is 903. The fourth-order valence-corrected chi connectivity index (χ4v) is 3.47. The zero-order chi connectivity index (χ0) is 19.3. The second-order valence-electron chi connectivity index (χ2n) is 6.82. The smallest absolute Gasteiger partial charge is 0.319 e. The number of carbonyl (C=O) groups excluding carboxylic acids is 1. The van der Waals surface area contributed by atoms with E-state index in [2.05, 4.69) is 26.6 Å². The second kappa shape index (κ2) is 8.05. The van der Waals surface area contributed by atoms with Crippen LogP contribution in [0.4, 0.5) is 16.3 Å². The van der Waals surface area contributed by atoms with Gasteiger partial charge < -0.3 is 25.0 Å². The van der Waals surface area contributed by atoms with Crippen molar-refractivity contribution in [2.45, 2.75) is 12.8 Å². The van der Waals surface area contributed by atoms with E-state index in [1.807, 2.05) is 0 Å². The molecule has 2 aromatic rings. The average molecular weight is 379 g/mol. The van der Waals surface area contributed by atoms with Gasteiger partial charge in [-0.1, -0.05) is 0 Å². The van der Waals surface area contributed by atoms with Gasteiger partial charge in [0.05, 0.1) is 5.56 Å². The van der Waals surface area contributed by atoms with Crippen LogP contribution in [0.3, 0.4) is 0 Å². The van der Waals surface area contributed by atoms with Crippen molar-refractivity contribution in [2.24, 2.45) is 5.92 Å². The Morgan fingerprint density at radius 2 is 2.07 bits per heavy atom. The lowest BCUT2D eigenvalue weighted by atomic mass is 9.96. The molecule has 3 heterocycles. The monoisotopic (exact) mass is 379 g/mol. The maximum atomic E-state index is 12.2. The summed E-state index contributed by atoms with van der Waals surface area (Å²) < 4.78 is 10.6. The minimum absolute atomic E-state index is 0.206. The molecule has 1 aromatic carbocycles. The number of piperidine rings is 1. The van der Waals surface area contributed by atoms with Gasteiger partial charge in [-0.2, -0.15) is 5.26 Å². The summed E-state index contributed by atoms with van der Waals surface area (Å²) in [5.41, 5.74) is 1.26. The number of urea groups is 1. The van der Waals surface area contributed by atoms with Crippen LogP contribution in [0.25, 0.3) is 0 Å². The zero-order valence-corrected chi connectivity index (χ0v) is 15.4. The third-order valence-electron chi connectivity index (χ3n) is 5.00. The Hall–Kier alpha value is -3.47. The molecule has 0 saturated carbocycles. The largest absolute Gasteiger partial charge is 0.454 e. The Kier molecular flexibility index (Phi) is 5.15. The van der Waals surface area contributed by atoms with Crippen molar-refractivity contribution in [3.8, 4) is 17.6 Å². The molecule has 1 saturated heterocycles. The van der Waals surface area contributed by atoms with Gasteiger partial charge in [-0.05, 0) is 43.0 Å². The molecule has 0 unspecified atom stereocenters. The lowest BCUT2D eigenvalue weighted by molar-refractivity contribution is 0.174. The van der Waals surface area contributed by atoms with Crippen molar-refractivity contribution in [2.75, 3.05) is 36.6 Å². The van der Waals surface area contributed by atoms with Gasteiger partial charge >= 0.3 is 6.03 Å². The number of pyridine rings is 1. The normalized spacial score (nSPS) is 15.8. The van der Waals surface area contributed by atoms with Gasteiger partial charge in [0.2, 0.25) is 6.79 Å². The predicted octanol–water partition coefficient (Wildman–Crippen LogP) is 2.72. The molecule has 2 N–H and O–H groups in total. The van der Waals surface area contributed by atoms with Crippen LogP contribution in [0, 0.1) is 17.2 Å². The molecular weight excluding hydrogens is 358 g/mol. The highest BCUT2D eigenvalue weighted by Crippen LogP contribution is 2.34. The van der Waals surface area contributed by atoms with Gasteiger partial charge in [-0.15, -0.1) is 0 Å². The Balaban J connectivity index is 1.24. The third-order valence-corrected chi connectivity index (χ3v) is 5.00. The van der Waals surface area contributed by atoms with E-state index in [-0.39, 0.29) is 12.8 Å². The molecule has 0 spiro atoms. The number of nitriles is 1. The summed E-state index contributed by atoms with van der Waals surface area (Å²) in [6, 6.07) is 10.8. The Morgan fingerprint density at radius 1 is 1.25 bits per heavy atom. The second-order valence-corrected chi connectivity index (χ2v) is 6.82. The van der Waals surface area contributed by atoms with Gasteiger partial charge in [-0.3, -0.25) is 0 Å². The lowest BCUT2D eigenvalue weighted by Crippen LogP contribution is -2.40. The van der Waals surface area contributed by atoms with Gasteiger partial charge in [0.1, 0.15) is 11.9 Å². The molecular formula is C20H21N5O3. The van der Waals surface area contributed by atoms with E-state index < -0.39 is 0 Å². The third kappa shape index (κ3) is 3.93. The molecule has 8 heteroatoms. The summed E-state index contributed by atoms with van der Waals surface area (Å²) in [4.78, 5) is 18.7. The van der Waals surface area contributed by atoms with Crippen molar-refractivity contribution in [3.63, 3.8) is 0 Å². The van der Waals surface area contributed by atoms with Crippen LogP contribution in [-0.4, -0.2) is 37.4 Å². The van der Waals surface area contributed by atoms with Crippen LogP contribution >= 0.6 is 0 Å². The first-order valence-electron chi connectivity index (χ1n) is 9.27. The Morgan fingerprint density at radius 3 is 2.89 bits per heavy atom. The van der Waals surface area contributed by atoms with Gasteiger partial charge in [0.25, 0.3) is 0 Å². The number of aromatic nitrogens is 1. The number of amides is 2. The van der Waals surface area contributed by atoms with Crippen molar-refractivity contribution in [1.82, 2.24) is 10.3 Å². The van der Waals surface area contributed by atoms with Crippen LogP contribution in [0.15, 0.2) is 36.5 Å². The van der Waals surface area contributed by atoms with E-state index in [9.17, 15) is 10.1 Å². The molecule has 0 atom stereocenters. The number of hydrogen-bond acceptors (Lipinski definition) is 6. The molecule has 2 aliphatic heterocycles. The van der Waals surface area contributed by atoms with E-state index >= 15 is 0 Å². The number of fused-ring (bicyclic) bond motifs is 1. The SMILES string of the molecule is N#Cc1cccnc1N1CCC(CNC(=O)Nc2ccc3c(c2)OCO3)CC1. The average Bonchev–Trinajstić information content (AvgIpc) is 3.20. The molecule has 1 fully saturated rings. The maximum absolute atomic E-state index is 12.2. The number of hydrogen-bond donors (Lipinski definition) is 2. The van der Waals surface area contributed by atoms with Crippen LogP contribution in [0.5, 0.6) is 11.5 Å². The highest BCUT2D eigenvalue weighted by molar-refractivity contribution is 5.89. The molecule has 28 heavy (non-hydrogen) atoms. The summed E-state index contributed by atoms with van der Waals surface area (Å²) in [5.74, 6) is 2.46. The summed E-state index contributed by atoms with van der Waals surface area (Å²) in [6.45, 7) is 2.46. The molecule has 4 rings (SSSR count). The summed E-state index contributed by atoms with van der Waals surface area (Å²) in [7, 11) is 0. The maximum Gasteiger partial charge on any atom is 0.319 e. The molecule has 1 aromatic heterocycles. The number of ether oxygens (including phenoxy) is 2. The first kappa shape index (κ1) is 17.9. The first-order valence-corrected chi connectivity index (χ1v) is 9.27. The first-order chi connectivity index (χ1) is 13.7. The number of benzene rings is 1. The predicted molar refractivity (Wildman–Crippen MR) is 103 cm³/mol. The zero-order valence-electron chi connectivity index (χ0n) is 15.4. The minimum atomic E-state index is -0.238. The summed E-state index contributed by atoms with van der Waals surface area (Å²) in [5, 5.41) is 15.0. The lowest BCUT2D eigenvalue weighted by Gasteiger charge is -2.33. The highest BCUT2D eigenvalue weighted by atomic mass is 16.7. The van der Waals surface area contributed by atoms with Crippen molar-refractivity contribution in [1.29, 1.82) is 5.26 Å². The van der Waals surface area contributed by atoms with Crippen molar-refractivity contribution < 1.29 is 14.3 Å². The number of nitrogens with one attached hydrogen (secondary N) is 2. The molecule has 0 radical (unpaired) electrons. The fourth-order valence-electron chi connectivity index (χ4n) is 3.47. The molecule has 2 amide bonds. The quantitative estimate of drug-likeness (QED) is 0.847. The van der Waals surface area contributed by atoms with E-state index in [1.165, 1.54) is 0 Å². The molecule has 8 nitrogen and oxygen atoms in total. The topological polar surface area (TPSA) is 99.5 Å². The number of carbonyl (C=O) groups is 1. The van der Waals surface area contributed by atoms with Crippen LogP contribution in [0.1, 0.15) is 18.4 Å². The summed E-state index contributed by atoms with van der Waals surface area (Å²) in [6.07, 6.45) is 3.59. The van der Waals surface area contributed by atoms with Gasteiger partial charge in [0, 0.05) is 37.6 Å². The minimum Gasteiger partial charge on any atom is -0.454 e. The summed E-state index contributed by atoms with van der Waals surface area (Å²) >= 11 is 0. The number of rotatable bonds is 4. The fraction of sp³-hybridized carbons (Fsp3) is 0.350. The van der Waals surface area contributed by atoms with E-state index in [4.69, 9.17) is 9.47 Å². The van der Waals surface area contributed by atoms with E-state index in [1.54, 1.807) is 36.5 Å². The number of anilines is 2. The standard InChI is InChI=1S/C20H21N5O3/c21-11-15-2-1-7-22-19(15)25-8-5-14(6-9-25)12-23-20(26)24-16-3-4-17-18(10-16)28-13-27-17/h1-4,7,10,14H,5-6,8-9,12-13H2,(H2,23,24,26). The molecule has 2 aliphatic rings. The van der Waals surface area contributed by atoms with E-state index in [0.29, 0.717) is 35.2 Å². The van der Waals surface area contributed by atoms with E-state index in [0.717, 1.165) is 31.7 Å². The highest BCUT2D eigenvalue weighted by Gasteiger charge is 2.22. The van der Waals surface area contributed by atoms with Crippen LogP contribution in [0.2, 0.25) is 0 Å². The Labute approximate surface area is 163 Å². The van der Waals surface area contributed by atoms with Gasteiger partial charge in [-0.25, -0.2) is 9.78 Å². The number of nitrogens with zero attached hydrogens (tertiary/aromatic N) is 3. The van der Waals surface area contributed by atoms with Crippen molar-refractivity contribution >= 4 is 17.5 Å². The molecule has 0 aliphatic carbocycles. The van der Waals surface area contributed by atoms with Crippen molar-refractivity contribution in [3.05, 3.63) is 42.1 Å². The van der Waals surface area contributed by atoms with Gasteiger partial charge in [0.15, 0.2) is 11.5 Å². The molecule has 144 valence electrons.